The second-order valence-electron chi connectivity index (χ2n) is 21.2. The number of likely N-dealkylation sites (N-methyl/N-ethyl adjacent to an activating group) is 1. The van der Waals surface area contributed by atoms with Gasteiger partial charge in [0.1, 0.15) is 66.9 Å². The van der Waals surface area contributed by atoms with E-state index in [2.05, 4.69) is 31.9 Å². The maximum atomic E-state index is 15.3. The molecule has 0 unspecified atom stereocenters. The first kappa shape index (κ1) is 66.9. The highest BCUT2D eigenvalue weighted by molar-refractivity contribution is 7.99. The zero-order valence-corrected chi connectivity index (χ0v) is 48.6. The average Bonchev–Trinajstić information content (AvgIpc) is 3.44. The van der Waals surface area contributed by atoms with Crippen LogP contribution in [0.1, 0.15) is 105 Å². The SMILES string of the molecule is CC[C@H](C)[C@H]1NC(=O)[C@@H](NC(=O)[C@H](C)[C@H](O)C(C)C)[C@@H](C)OC(=O)[C@@H]2COC(=O)CNC(=O)C=C[C@](O)(CSCCCCCCN)[C@@H](C)Oc3ccc(cc3)[C@H](NC1=O)C(=O)N(C)[C@@H](Cc1ccccc1)C(=O)N[C@H]([C@@H](C)O)C(=O)N2. The number of aliphatic hydroxyl groups is 3. The van der Waals surface area contributed by atoms with E-state index in [-0.39, 0.29) is 29.9 Å². The molecule has 5 rings (SSSR count). The van der Waals surface area contributed by atoms with Crippen molar-refractivity contribution in [3.05, 3.63) is 77.9 Å². The molecule has 3 heterocycles. The van der Waals surface area contributed by atoms with E-state index in [0.29, 0.717) is 17.9 Å². The third-order valence-electron chi connectivity index (χ3n) is 14.5. The van der Waals surface area contributed by atoms with Gasteiger partial charge in [-0.1, -0.05) is 96.3 Å². The van der Waals surface area contributed by atoms with Gasteiger partial charge in [0.2, 0.25) is 41.4 Å². The topological polar surface area (TPSA) is 343 Å². The van der Waals surface area contributed by atoms with Crippen LogP contribution in [0.4, 0.5) is 0 Å². The molecule has 23 nitrogen and oxygen atoms in total. The van der Waals surface area contributed by atoms with Crippen molar-refractivity contribution in [1.82, 2.24) is 36.8 Å². The number of ether oxygens (including phenoxy) is 3. The number of nitrogens with one attached hydrogen (secondary N) is 6. The quantitative estimate of drug-likeness (QED) is 0.0776. The Morgan fingerprint density at radius 2 is 1.47 bits per heavy atom. The van der Waals surface area contributed by atoms with Crippen molar-refractivity contribution >= 4 is 65.1 Å². The Hall–Kier alpha value is -6.60. The molecule has 0 aromatic heterocycles. The van der Waals surface area contributed by atoms with Crippen LogP contribution < -0.4 is 42.4 Å². The van der Waals surface area contributed by atoms with Crippen molar-refractivity contribution in [2.45, 2.75) is 160 Å². The van der Waals surface area contributed by atoms with Gasteiger partial charge in [-0.15, -0.1) is 0 Å². The summed E-state index contributed by atoms with van der Waals surface area (Å²) in [6, 6.07) is 4.31. The average molecular weight is 1150 g/mol. The number of hydrogen-bond donors (Lipinski definition) is 10. The molecule has 448 valence electrons. The molecule has 3 aliphatic rings. The Morgan fingerprint density at radius 1 is 0.827 bits per heavy atom. The van der Waals surface area contributed by atoms with Crippen LogP contribution in [0, 0.1) is 17.8 Å². The van der Waals surface area contributed by atoms with Crippen LogP contribution in [0.3, 0.4) is 0 Å². The van der Waals surface area contributed by atoms with E-state index in [1.807, 2.05) is 0 Å². The molecule has 2 aromatic rings. The summed E-state index contributed by atoms with van der Waals surface area (Å²) in [4.78, 5) is 130. The zero-order valence-electron chi connectivity index (χ0n) is 47.8. The molecule has 13 atom stereocenters. The van der Waals surface area contributed by atoms with Gasteiger partial charge in [-0.2, -0.15) is 11.8 Å². The monoisotopic (exact) mass is 1150 g/mol. The first-order chi connectivity index (χ1) is 38.3. The lowest BCUT2D eigenvalue weighted by Gasteiger charge is -2.34. The molecule has 0 radical (unpaired) electrons. The first-order valence-corrected chi connectivity index (χ1v) is 28.8. The van der Waals surface area contributed by atoms with Crippen LogP contribution in [-0.2, 0) is 59.0 Å². The van der Waals surface area contributed by atoms with Crippen molar-refractivity contribution < 1.29 is 72.7 Å². The predicted octanol–water partition coefficient (Wildman–Crippen LogP) is 0.858. The molecule has 0 spiro atoms. The minimum Gasteiger partial charge on any atom is -0.487 e. The molecule has 11 N–H and O–H groups in total. The highest BCUT2D eigenvalue weighted by Gasteiger charge is 2.42. The molecule has 4 bridgehead atoms. The lowest BCUT2D eigenvalue weighted by molar-refractivity contribution is -0.160. The van der Waals surface area contributed by atoms with Crippen LogP contribution in [-0.4, -0.2) is 172 Å². The smallest absolute Gasteiger partial charge is 0.332 e. The van der Waals surface area contributed by atoms with E-state index in [1.54, 1.807) is 65.0 Å². The highest BCUT2D eigenvalue weighted by Crippen LogP contribution is 2.28. The highest BCUT2D eigenvalue weighted by atomic mass is 32.2. The summed E-state index contributed by atoms with van der Waals surface area (Å²) in [6.07, 6.45) is 0.401. The minimum absolute atomic E-state index is 0.0702. The number of hydrogen-bond acceptors (Lipinski definition) is 17. The molecule has 1 saturated heterocycles. The van der Waals surface area contributed by atoms with Gasteiger partial charge in [-0.3, -0.25) is 38.4 Å². The Balaban J connectivity index is 1.99. The summed E-state index contributed by atoms with van der Waals surface area (Å²) in [7, 11) is 1.31. The van der Waals surface area contributed by atoms with Crippen LogP contribution in [0.5, 0.6) is 5.75 Å². The van der Waals surface area contributed by atoms with Crippen LogP contribution in [0.2, 0.25) is 0 Å². The number of rotatable bonds is 17. The Bertz CT molecular complexity index is 2490. The predicted molar refractivity (Wildman–Crippen MR) is 301 cm³/mol. The molecule has 1 fully saturated rings. The number of benzene rings is 2. The van der Waals surface area contributed by atoms with Gasteiger partial charge in [-0.05, 0) is 87.1 Å². The standard InChI is InChI=1S/C57H84N8O15S/c1-10-33(4)45-52(72)64-48-39-20-22-40(23-21-39)80-37(8)57(77,31-81-27-17-12-11-16-26-58)25-24-43(67)59-29-44(68)78-30-41(56(76)79-36(7)47(54(74)61-45)63-50(70)34(5)49(69)32(2)3)60-53(73)46(35(6)66)62-51(71)42(65(9)55(48)75)28-38-18-14-13-15-19-38/h13-15,18-25,32-37,41-42,45-49,66,69,77H,10-12,16-17,26-31,58H2,1-9H3,(H,59,67)(H,60,73)(H,61,74)(H,62,71)(H,63,70)(H,64,72)/t33-,34+,35+,36+,37+,41-,42-,45+,46+,47-,48-,49+,57-/m0/s1. The van der Waals surface area contributed by atoms with Gasteiger partial charge in [0.25, 0.3) is 0 Å². The van der Waals surface area contributed by atoms with Crippen molar-refractivity contribution in [3.63, 3.8) is 0 Å². The summed E-state index contributed by atoms with van der Waals surface area (Å²) in [5, 5.41) is 49.4. The number of nitrogens with zero attached hydrogens (tertiary/aromatic N) is 1. The Kier molecular flexibility index (Phi) is 26.6. The summed E-state index contributed by atoms with van der Waals surface area (Å²) in [6.45, 7) is 11.0. The van der Waals surface area contributed by atoms with Crippen LogP contribution in [0.15, 0.2) is 66.7 Å². The number of aliphatic hydroxyl groups excluding tert-OH is 2. The number of fused-ring (bicyclic) bond motifs is 11. The lowest BCUT2D eigenvalue weighted by Crippen LogP contribution is -2.61. The van der Waals surface area contributed by atoms with E-state index < -0.39 is 150 Å². The number of amides is 7. The van der Waals surface area contributed by atoms with E-state index in [4.69, 9.17) is 19.9 Å². The number of unbranched alkanes of at least 4 members (excludes halogenated alkanes) is 3. The first-order valence-electron chi connectivity index (χ1n) is 27.6. The Morgan fingerprint density at radius 3 is 2.10 bits per heavy atom. The van der Waals surface area contributed by atoms with Gasteiger partial charge in [0.05, 0.1) is 18.1 Å². The van der Waals surface area contributed by atoms with Gasteiger partial charge in [0, 0.05) is 25.3 Å². The Labute approximate surface area is 478 Å². The number of esters is 2. The molecule has 2 aromatic carbocycles. The minimum atomic E-state index is -1.97. The molecule has 7 amide bonds. The molecule has 3 aliphatic heterocycles. The van der Waals surface area contributed by atoms with Crippen molar-refractivity contribution in [2.75, 3.05) is 38.2 Å². The van der Waals surface area contributed by atoms with E-state index >= 15 is 4.79 Å². The van der Waals surface area contributed by atoms with E-state index in [0.717, 1.165) is 36.7 Å². The summed E-state index contributed by atoms with van der Waals surface area (Å²) < 4.78 is 17.5. The number of cyclic esters (lactones) is 1. The van der Waals surface area contributed by atoms with Crippen molar-refractivity contribution in [1.29, 1.82) is 0 Å². The molecule has 0 aliphatic carbocycles. The number of carbonyl (C=O) groups is 9. The van der Waals surface area contributed by atoms with Crippen molar-refractivity contribution in [2.24, 2.45) is 23.5 Å². The second-order valence-corrected chi connectivity index (χ2v) is 22.3. The fourth-order valence-electron chi connectivity index (χ4n) is 8.85. The summed E-state index contributed by atoms with van der Waals surface area (Å²) in [5.74, 6) is -10.4. The zero-order chi connectivity index (χ0) is 60.1. The third-order valence-corrected chi connectivity index (χ3v) is 15.7. The van der Waals surface area contributed by atoms with Crippen LogP contribution >= 0.6 is 11.8 Å². The number of carbonyl (C=O) groups excluding carboxylic acids is 9. The van der Waals surface area contributed by atoms with E-state index in [9.17, 15) is 53.7 Å². The van der Waals surface area contributed by atoms with Gasteiger partial charge in [0.15, 0.2) is 6.04 Å². The molecule has 81 heavy (non-hydrogen) atoms. The van der Waals surface area contributed by atoms with Gasteiger partial charge in [-0.25, -0.2) is 4.79 Å². The van der Waals surface area contributed by atoms with E-state index in [1.165, 1.54) is 69.9 Å². The van der Waals surface area contributed by atoms with Crippen molar-refractivity contribution in [3.8, 4) is 5.75 Å². The maximum Gasteiger partial charge on any atom is 0.332 e. The number of nitrogens with two attached hydrogens (primary N) is 1. The number of thioether (sulfide) groups is 1. The second kappa shape index (κ2) is 32.1. The molecule has 0 saturated carbocycles. The fourth-order valence-corrected chi connectivity index (χ4v) is 10.1. The fraction of sp³-hybridized carbons (Fsp3) is 0.596. The largest absolute Gasteiger partial charge is 0.487 e. The molecular formula is C57H84N8O15S. The third kappa shape index (κ3) is 19.8. The molecular weight excluding hydrogens is 1070 g/mol. The summed E-state index contributed by atoms with van der Waals surface area (Å²) >= 11 is 1.43. The normalized spacial score (nSPS) is 26.7. The van der Waals surface area contributed by atoms with Gasteiger partial charge >= 0.3 is 11.9 Å². The maximum absolute atomic E-state index is 15.3. The molecule has 24 heteroatoms. The summed E-state index contributed by atoms with van der Waals surface area (Å²) in [5.41, 5.74) is 4.58. The lowest BCUT2D eigenvalue weighted by atomic mass is 9.93. The van der Waals surface area contributed by atoms with Gasteiger partial charge < -0.3 is 72.1 Å². The van der Waals surface area contributed by atoms with Crippen LogP contribution in [0.25, 0.3) is 0 Å².